The normalized spacial score (nSPS) is 11.4. The van der Waals surface area contributed by atoms with Crippen molar-refractivity contribution in [1.82, 2.24) is 0 Å². The summed E-state index contributed by atoms with van der Waals surface area (Å²) in [6, 6.07) is 11.9. The molecular weight excluding hydrogens is 315 g/mol. The molecule has 2 aromatic carbocycles. The molecule has 0 aliphatic carbocycles. The summed E-state index contributed by atoms with van der Waals surface area (Å²) in [5.41, 5.74) is 3.98. The van der Waals surface area contributed by atoms with Crippen LogP contribution in [0.1, 0.15) is 20.8 Å². The van der Waals surface area contributed by atoms with Crippen molar-refractivity contribution < 1.29 is 0 Å². The summed E-state index contributed by atoms with van der Waals surface area (Å²) in [7, 11) is 4.01. The molecule has 0 atom stereocenters. The molecule has 0 fully saturated rings. The van der Waals surface area contributed by atoms with Crippen molar-refractivity contribution in [3.8, 4) is 11.1 Å². The van der Waals surface area contributed by atoms with Crippen molar-refractivity contribution in [1.29, 1.82) is 0 Å². The van der Waals surface area contributed by atoms with Gasteiger partial charge in [0.05, 0.1) is 0 Å². The minimum Gasteiger partial charge on any atom is -0.380 e. The molecule has 0 aliphatic rings. The van der Waals surface area contributed by atoms with Crippen LogP contribution in [0.3, 0.4) is 0 Å². The van der Waals surface area contributed by atoms with E-state index in [-0.39, 0.29) is 5.54 Å². The summed E-state index contributed by atoms with van der Waals surface area (Å²) in [6.45, 7) is 6.38. The van der Waals surface area contributed by atoms with Crippen LogP contribution in [0, 0.1) is 0 Å². The summed E-state index contributed by atoms with van der Waals surface area (Å²) in [4.78, 5) is 2.05. The van der Waals surface area contributed by atoms with E-state index < -0.39 is 0 Å². The fourth-order valence-electron chi connectivity index (χ4n) is 2.24. The van der Waals surface area contributed by atoms with Gasteiger partial charge in [0.1, 0.15) is 0 Å². The Balaban J connectivity index is 2.52. The number of hydrogen-bond acceptors (Lipinski definition) is 2. The zero-order valence-electron chi connectivity index (χ0n) is 13.7. The lowest BCUT2D eigenvalue weighted by atomic mass is 10.0. The first-order valence-corrected chi connectivity index (χ1v) is 7.98. The zero-order valence-corrected chi connectivity index (χ0v) is 15.2. The molecule has 22 heavy (non-hydrogen) atoms. The molecular formula is C18H22Cl2N2. The van der Waals surface area contributed by atoms with Crippen LogP contribution >= 0.6 is 23.2 Å². The van der Waals surface area contributed by atoms with Gasteiger partial charge in [0.25, 0.3) is 0 Å². The number of rotatable bonds is 3. The van der Waals surface area contributed by atoms with Gasteiger partial charge in [-0.1, -0.05) is 23.2 Å². The van der Waals surface area contributed by atoms with Crippen molar-refractivity contribution in [3.05, 3.63) is 46.4 Å². The number of nitrogens with zero attached hydrogens (tertiary/aromatic N) is 1. The van der Waals surface area contributed by atoms with E-state index in [0.717, 1.165) is 22.5 Å². The third kappa shape index (κ3) is 4.08. The minimum atomic E-state index is -0.0135. The fraction of sp³-hybridized carbons (Fsp3) is 0.333. The van der Waals surface area contributed by atoms with Crippen LogP contribution in [0.25, 0.3) is 11.1 Å². The molecule has 0 unspecified atom stereocenters. The molecule has 0 saturated heterocycles. The summed E-state index contributed by atoms with van der Waals surface area (Å²) in [5, 5.41) is 4.85. The lowest BCUT2D eigenvalue weighted by Gasteiger charge is -2.23. The van der Waals surface area contributed by atoms with Crippen LogP contribution in [-0.2, 0) is 0 Å². The van der Waals surface area contributed by atoms with Crippen molar-refractivity contribution in [2.24, 2.45) is 0 Å². The van der Waals surface area contributed by atoms with Crippen LogP contribution < -0.4 is 10.2 Å². The number of nitrogens with one attached hydrogen (secondary N) is 1. The molecule has 2 rings (SSSR count). The third-order valence-corrected chi connectivity index (χ3v) is 3.90. The Morgan fingerprint density at radius 3 is 1.95 bits per heavy atom. The highest BCUT2D eigenvalue weighted by atomic mass is 35.5. The highest BCUT2D eigenvalue weighted by Gasteiger charge is 2.13. The van der Waals surface area contributed by atoms with E-state index >= 15 is 0 Å². The Hall–Kier alpha value is -1.38. The predicted octanol–water partition coefficient (Wildman–Crippen LogP) is 5.94. The maximum Gasteiger partial charge on any atom is 0.0486 e. The first-order chi connectivity index (χ1) is 10.2. The molecule has 0 amide bonds. The van der Waals surface area contributed by atoms with Crippen molar-refractivity contribution in [2.45, 2.75) is 26.3 Å². The van der Waals surface area contributed by atoms with E-state index in [9.17, 15) is 0 Å². The molecule has 0 spiro atoms. The van der Waals surface area contributed by atoms with E-state index in [1.54, 1.807) is 0 Å². The van der Waals surface area contributed by atoms with E-state index in [4.69, 9.17) is 23.2 Å². The van der Waals surface area contributed by atoms with Gasteiger partial charge in [0.2, 0.25) is 0 Å². The Kier molecular flexibility index (Phi) is 4.93. The SMILES string of the molecule is CN(C)c1ccc(Cl)c(-c2cc(NC(C)(C)C)ccc2Cl)c1. The quantitative estimate of drug-likeness (QED) is 0.746. The second-order valence-corrected chi connectivity index (χ2v) is 7.44. The van der Waals surface area contributed by atoms with Gasteiger partial charge in [-0.15, -0.1) is 0 Å². The number of anilines is 2. The van der Waals surface area contributed by atoms with Gasteiger partial charge in [-0.2, -0.15) is 0 Å². The third-order valence-electron chi connectivity index (χ3n) is 3.24. The zero-order chi connectivity index (χ0) is 16.5. The van der Waals surface area contributed by atoms with Gasteiger partial charge < -0.3 is 10.2 Å². The maximum absolute atomic E-state index is 6.41. The molecule has 2 aromatic rings. The lowest BCUT2D eigenvalue weighted by molar-refractivity contribution is 0.634. The number of halogens is 2. The van der Waals surface area contributed by atoms with Gasteiger partial charge in [0.15, 0.2) is 0 Å². The minimum absolute atomic E-state index is 0.0135. The lowest BCUT2D eigenvalue weighted by Crippen LogP contribution is -2.25. The van der Waals surface area contributed by atoms with Crippen LogP contribution in [-0.4, -0.2) is 19.6 Å². The van der Waals surface area contributed by atoms with Gasteiger partial charge >= 0.3 is 0 Å². The molecule has 0 heterocycles. The largest absolute Gasteiger partial charge is 0.380 e. The standard InChI is InChI=1S/C18H22Cl2N2/c1-18(2,3)21-12-6-8-16(19)14(10-12)15-11-13(22(4)5)7-9-17(15)20/h6-11,21H,1-5H3. The second-order valence-electron chi connectivity index (χ2n) is 6.63. The van der Waals surface area contributed by atoms with Crippen molar-refractivity contribution in [3.63, 3.8) is 0 Å². The summed E-state index contributed by atoms with van der Waals surface area (Å²) < 4.78 is 0. The van der Waals surface area contributed by atoms with E-state index in [1.165, 1.54) is 0 Å². The second kappa shape index (κ2) is 6.39. The Morgan fingerprint density at radius 1 is 0.864 bits per heavy atom. The van der Waals surface area contributed by atoms with Crippen LogP contribution in [0.15, 0.2) is 36.4 Å². The summed E-state index contributed by atoms with van der Waals surface area (Å²) in [6.07, 6.45) is 0. The summed E-state index contributed by atoms with van der Waals surface area (Å²) >= 11 is 12.8. The van der Waals surface area contributed by atoms with E-state index in [2.05, 4.69) is 32.2 Å². The van der Waals surface area contributed by atoms with Crippen molar-refractivity contribution >= 4 is 34.6 Å². The Morgan fingerprint density at radius 2 is 1.41 bits per heavy atom. The molecule has 0 bridgehead atoms. The first-order valence-electron chi connectivity index (χ1n) is 7.22. The highest BCUT2D eigenvalue weighted by molar-refractivity contribution is 6.36. The van der Waals surface area contributed by atoms with Crippen molar-refractivity contribution in [2.75, 3.05) is 24.3 Å². The molecule has 4 heteroatoms. The topological polar surface area (TPSA) is 15.3 Å². The highest BCUT2D eigenvalue weighted by Crippen LogP contribution is 2.37. The monoisotopic (exact) mass is 336 g/mol. The van der Waals surface area contributed by atoms with Gasteiger partial charge in [-0.25, -0.2) is 0 Å². The molecule has 0 saturated carbocycles. The van der Waals surface area contributed by atoms with Crippen LogP contribution in [0.5, 0.6) is 0 Å². The van der Waals surface area contributed by atoms with Crippen LogP contribution in [0.2, 0.25) is 10.0 Å². The molecule has 2 nitrogen and oxygen atoms in total. The molecule has 0 aromatic heterocycles. The number of hydrogen-bond donors (Lipinski definition) is 1. The van der Waals surface area contributed by atoms with Gasteiger partial charge in [-0.3, -0.25) is 0 Å². The molecule has 0 aliphatic heterocycles. The Labute approximate surface area is 143 Å². The van der Waals surface area contributed by atoms with Gasteiger partial charge in [-0.05, 0) is 57.2 Å². The maximum atomic E-state index is 6.41. The Bertz CT molecular complexity index is 673. The van der Waals surface area contributed by atoms with Crippen LogP contribution in [0.4, 0.5) is 11.4 Å². The van der Waals surface area contributed by atoms with Gasteiger partial charge in [0, 0.05) is 52.2 Å². The molecule has 1 N–H and O–H groups in total. The van der Waals surface area contributed by atoms with E-state index in [1.807, 2.05) is 49.3 Å². The first kappa shape index (κ1) is 17.0. The van der Waals surface area contributed by atoms with E-state index in [0.29, 0.717) is 10.0 Å². The summed E-state index contributed by atoms with van der Waals surface area (Å²) in [5.74, 6) is 0. The average molecular weight is 337 g/mol. The predicted molar refractivity (Wildman–Crippen MR) is 99.6 cm³/mol. The molecule has 0 radical (unpaired) electrons. The molecule has 118 valence electrons. The smallest absolute Gasteiger partial charge is 0.0486 e. The fourth-order valence-corrected chi connectivity index (χ4v) is 2.68. The number of benzene rings is 2. The average Bonchev–Trinajstić information content (AvgIpc) is 2.40.